The number of hydrogen-bond acceptors (Lipinski definition) is 3. The Balaban J connectivity index is 1.86. The lowest BCUT2D eigenvalue weighted by molar-refractivity contribution is 0.0895. The first-order valence-corrected chi connectivity index (χ1v) is 10.2. The summed E-state index contributed by atoms with van der Waals surface area (Å²) >= 11 is 5.66. The molecule has 5 nitrogen and oxygen atoms in total. The maximum atomic E-state index is 12.7. The molecule has 0 amide bonds. The fourth-order valence-electron chi connectivity index (χ4n) is 3.41. The number of fused-ring (bicyclic) bond motifs is 1. The number of para-hydroxylation sites is 1. The third kappa shape index (κ3) is 4.87. The first kappa shape index (κ1) is 19.8. The minimum atomic E-state index is -0.0551. The largest absolute Gasteiger partial charge is 0.376 e. The predicted molar refractivity (Wildman–Crippen MR) is 114 cm³/mol. The van der Waals surface area contributed by atoms with Crippen LogP contribution in [0.3, 0.4) is 0 Å². The molecule has 0 spiro atoms. The summed E-state index contributed by atoms with van der Waals surface area (Å²) in [5.74, 6) is 0. The van der Waals surface area contributed by atoms with Crippen LogP contribution in [0.4, 0.5) is 0 Å². The summed E-state index contributed by atoms with van der Waals surface area (Å²) < 4.78 is 5.80. The van der Waals surface area contributed by atoms with Gasteiger partial charge in [-0.1, -0.05) is 25.1 Å². The van der Waals surface area contributed by atoms with Crippen LogP contribution in [0.5, 0.6) is 0 Å². The molecule has 146 valence electrons. The summed E-state index contributed by atoms with van der Waals surface area (Å²) in [6.45, 7) is 8.23. The standard InChI is InChI=1S/C21H29N3O2S/c1-4-15(3)22-21(27)24(13-18-9-6-10-26-18)12-17-11-16-8-5-7-14(2)19(16)23-20(17)25/h5,7-8,11,15,18H,4,6,9-10,12-13H2,1-3H3,(H,22,27)(H,23,25)/t15-,18-/m1/s1. The van der Waals surface area contributed by atoms with Crippen LogP contribution in [-0.2, 0) is 11.3 Å². The van der Waals surface area contributed by atoms with Crippen molar-refractivity contribution in [2.45, 2.75) is 58.7 Å². The van der Waals surface area contributed by atoms with Gasteiger partial charge in [-0.3, -0.25) is 4.79 Å². The summed E-state index contributed by atoms with van der Waals surface area (Å²) in [6, 6.07) is 8.32. The molecule has 2 N–H and O–H groups in total. The molecule has 1 aliphatic heterocycles. The lowest BCUT2D eigenvalue weighted by atomic mass is 10.1. The van der Waals surface area contributed by atoms with Crippen molar-refractivity contribution in [1.29, 1.82) is 0 Å². The third-order valence-electron chi connectivity index (χ3n) is 5.24. The van der Waals surface area contributed by atoms with E-state index < -0.39 is 0 Å². The number of hydrogen-bond donors (Lipinski definition) is 2. The van der Waals surface area contributed by atoms with Crippen LogP contribution in [0.1, 0.15) is 44.2 Å². The zero-order valence-corrected chi connectivity index (χ0v) is 17.2. The number of ether oxygens (including phenoxy) is 1. The Morgan fingerprint density at radius 3 is 3.00 bits per heavy atom. The molecule has 0 saturated carbocycles. The quantitative estimate of drug-likeness (QED) is 0.743. The number of benzene rings is 1. The Morgan fingerprint density at radius 2 is 2.30 bits per heavy atom. The Labute approximate surface area is 166 Å². The van der Waals surface area contributed by atoms with Crippen molar-refractivity contribution in [3.8, 4) is 0 Å². The Hall–Kier alpha value is -1.92. The van der Waals surface area contributed by atoms with Crippen LogP contribution >= 0.6 is 12.2 Å². The summed E-state index contributed by atoms with van der Waals surface area (Å²) in [7, 11) is 0. The molecule has 1 fully saturated rings. The number of thiocarbonyl (C=S) groups is 1. The normalized spacial score (nSPS) is 17.8. The van der Waals surface area contributed by atoms with E-state index in [9.17, 15) is 4.79 Å². The molecule has 3 rings (SSSR count). The minimum absolute atomic E-state index is 0.0551. The number of nitrogens with zero attached hydrogens (tertiary/aromatic N) is 1. The smallest absolute Gasteiger partial charge is 0.253 e. The molecule has 1 aliphatic rings. The summed E-state index contributed by atoms with van der Waals surface area (Å²) in [4.78, 5) is 17.8. The average molecular weight is 388 g/mol. The van der Waals surface area contributed by atoms with Crippen molar-refractivity contribution < 1.29 is 4.74 Å². The fraction of sp³-hybridized carbons (Fsp3) is 0.524. The first-order chi connectivity index (χ1) is 13.0. The Morgan fingerprint density at radius 1 is 1.48 bits per heavy atom. The van der Waals surface area contributed by atoms with Gasteiger partial charge in [0, 0.05) is 24.8 Å². The number of pyridine rings is 1. The van der Waals surface area contributed by atoms with Gasteiger partial charge < -0.3 is 19.9 Å². The highest BCUT2D eigenvalue weighted by atomic mass is 32.1. The van der Waals surface area contributed by atoms with E-state index in [-0.39, 0.29) is 11.7 Å². The fourth-order valence-corrected chi connectivity index (χ4v) is 3.75. The molecular formula is C21H29N3O2S. The zero-order chi connectivity index (χ0) is 19.4. The molecule has 0 bridgehead atoms. The van der Waals surface area contributed by atoms with Gasteiger partial charge in [-0.15, -0.1) is 0 Å². The first-order valence-electron chi connectivity index (χ1n) is 9.76. The van der Waals surface area contributed by atoms with E-state index in [1.807, 2.05) is 31.2 Å². The van der Waals surface area contributed by atoms with Crippen molar-refractivity contribution >= 4 is 28.2 Å². The van der Waals surface area contributed by atoms with E-state index in [2.05, 4.69) is 29.0 Å². The van der Waals surface area contributed by atoms with Gasteiger partial charge in [0.15, 0.2) is 5.11 Å². The topological polar surface area (TPSA) is 57.4 Å². The van der Waals surface area contributed by atoms with Crippen LogP contribution < -0.4 is 10.9 Å². The van der Waals surface area contributed by atoms with Crippen LogP contribution in [-0.4, -0.2) is 40.3 Å². The highest BCUT2D eigenvalue weighted by molar-refractivity contribution is 7.80. The molecule has 2 atom stereocenters. The number of aromatic nitrogens is 1. The molecule has 1 saturated heterocycles. The van der Waals surface area contributed by atoms with Crippen molar-refractivity contribution in [2.75, 3.05) is 13.2 Å². The van der Waals surface area contributed by atoms with E-state index in [1.165, 1.54) is 0 Å². The van der Waals surface area contributed by atoms with E-state index in [0.29, 0.717) is 24.2 Å². The molecule has 0 unspecified atom stereocenters. The average Bonchev–Trinajstić information content (AvgIpc) is 3.15. The lowest BCUT2D eigenvalue weighted by Gasteiger charge is -2.29. The molecular weight excluding hydrogens is 358 g/mol. The molecule has 2 heterocycles. The van der Waals surface area contributed by atoms with Crippen molar-refractivity contribution in [3.63, 3.8) is 0 Å². The lowest BCUT2D eigenvalue weighted by Crippen LogP contribution is -2.46. The van der Waals surface area contributed by atoms with Crippen molar-refractivity contribution in [2.24, 2.45) is 0 Å². The van der Waals surface area contributed by atoms with Gasteiger partial charge in [0.05, 0.1) is 18.2 Å². The number of rotatable bonds is 6. The monoisotopic (exact) mass is 387 g/mol. The van der Waals surface area contributed by atoms with Crippen molar-refractivity contribution in [3.05, 3.63) is 45.7 Å². The predicted octanol–water partition coefficient (Wildman–Crippen LogP) is 3.49. The number of aryl methyl sites for hydroxylation is 1. The Bertz CT molecular complexity index is 858. The molecule has 0 aliphatic carbocycles. The summed E-state index contributed by atoms with van der Waals surface area (Å²) in [5, 5.41) is 5.11. The van der Waals surface area contributed by atoms with E-state index in [1.54, 1.807) is 0 Å². The molecule has 1 aromatic carbocycles. The highest BCUT2D eigenvalue weighted by Gasteiger charge is 2.22. The van der Waals surface area contributed by atoms with E-state index in [0.717, 1.165) is 47.9 Å². The highest BCUT2D eigenvalue weighted by Crippen LogP contribution is 2.18. The second kappa shape index (κ2) is 8.85. The van der Waals surface area contributed by atoms with Crippen LogP contribution in [0.25, 0.3) is 10.9 Å². The van der Waals surface area contributed by atoms with Crippen LogP contribution in [0, 0.1) is 6.92 Å². The van der Waals surface area contributed by atoms with Gasteiger partial charge in [-0.05, 0) is 62.3 Å². The summed E-state index contributed by atoms with van der Waals surface area (Å²) in [5.41, 5.74) is 2.64. The second-order valence-electron chi connectivity index (χ2n) is 7.44. The zero-order valence-electron chi connectivity index (χ0n) is 16.4. The number of H-pyrrole nitrogens is 1. The number of nitrogens with one attached hydrogen (secondary N) is 2. The summed E-state index contributed by atoms with van der Waals surface area (Å²) in [6.07, 6.45) is 3.28. The second-order valence-corrected chi connectivity index (χ2v) is 7.82. The maximum Gasteiger partial charge on any atom is 0.253 e. The SMILES string of the molecule is CC[C@@H](C)NC(=S)N(Cc1cc2cccc(C)c2[nH]c1=O)C[C@H]1CCCO1. The van der Waals surface area contributed by atoms with Gasteiger partial charge in [-0.25, -0.2) is 0 Å². The van der Waals surface area contributed by atoms with Crippen molar-refractivity contribution in [1.82, 2.24) is 15.2 Å². The van der Waals surface area contributed by atoms with E-state index >= 15 is 0 Å². The van der Waals surface area contributed by atoms with Crippen LogP contribution in [0.2, 0.25) is 0 Å². The third-order valence-corrected chi connectivity index (χ3v) is 5.62. The minimum Gasteiger partial charge on any atom is -0.376 e. The number of aromatic amines is 1. The Kier molecular flexibility index (Phi) is 6.50. The van der Waals surface area contributed by atoms with Gasteiger partial charge in [0.2, 0.25) is 0 Å². The maximum absolute atomic E-state index is 12.7. The van der Waals surface area contributed by atoms with Gasteiger partial charge in [-0.2, -0.15) is 0 Å². The molecule has 6 heteroatoms. The van der Waals surface area contributed by atoms with E-state index in [4.69, 9.17) is 17.0 Å². The van der Waals surface area contributed by atoms with Gasteiger partial charge >= 0.3 is 0 Å². The molecule has 0 radical (unpaired) electrons. The molecule has 2 aromatic rings. The van der Waals surface area contributed by atoms with Gasteiger partial charge in [0.1, 0.15) is 0 Å². The molecule has 1 aromatic heterocycles. The molecule has 27 heavy (non-hydrogen) atoms. The van der Waals surface area contributed by atoms with Crippen LogP contribution in [0.15, 0.2) is 29.1 Å². The van der Waals surface area contributed by atoms with Gasteiger partial charge in [0.25, 0.3) is 5.56 Å².